The van der Waals surface area contributed by atoms with Crippen molar-refractivity contribution >= 4 is 17.3 Å². The molecule has 0 saturated heterocycles. The van der Waals surface area contributed by atoms with E-state index in [0.717, 1.165) is 0 Å². The van der Waals surface area contributed by atoms with Crippen molar-refractivity contribution in [1.29, 1.82) is 0 Å². The summed E-state index contributed by atoms with van der Waals surface area (Å²) in [6, 6.07) is 0. The van der Waals surface area contributed by atoms with Crippen LogP contribution in [0.1, 0.15) is 11.7 Å². The highest BCUT2D eigenvalue weighted by atomic mass is 32.1. The van der Waals surface area contributed by atoms with Gasteiger partial charge in [-0.3, -0.25) is 0 Å². The lowest BCUT2D eigenvalue weighted by atomic mass is 10.6. The largest absolute Gasteiger partial charge is 0.353 e. The number of hydrogen-bond donors (Lipinski definition) is 3. The molecule has 0 aliphatic heterocycles. The first-order chi connectivity index (χ1) is 5.72. The highest BCUT2D eigenvalue weighted by Gasteiger charge is 2.01. The summed E-state index contributed by atoms with van der Waals surface area (Å²) in [5.41, 5.74) is 2.27. The fraction of sp³-hybridized carbons (Fsp3) is 0.400. The molecule has 0 spiro atoms. The van der Waals surface area contributed by atoms with Gasteiger partial charge in [-0.1, -0.05) is 5.16 Å². The Balaban J connectivity index is 2.38. The average Bonchev–Trinajstić information content (AvgIpc) is 2.47. The highest BCUT2D eigenvalue weighted by molar-refractivity contribution is 7.80. The molecule has 0 fully saturated rings. The molecule has 6 nitrogen and oxygen atoms in total. The van der Waals surface area contributed by atoms with Crippen LogP contribution in [0.2, 0.25) is 0 Å². The maximum Gasteiger partial charge on any atom is 0.246 e. The average molecular weight is 187 g/mol. The molecule has 1 heterocycles. The normalized spacial score (nSPS) is 9.50. The maximum atomic E-state index is 5.02. The molecule has 0 aromatic carbocycles. The fourth-order valence-corrected chi connectivity index (χ4v) is 0.691. The number of nitrogens with two attached hydrogens (primary N) is 1. The van der Waals surface area contributed by atoms with Gasteiger partial charge in [-0.05, 0) is 19.1 Å². The molecule has 1 aromatic heterocycles. The molecule has 66 valence electrons. The van der Waals surface area contributed by atoms with Crippen molar-refractivity contribution in [3.05, 3.63) is 11.7 Å². The zero-order chi connectivity index (χ0) is 8.97. The predicted octanol–water partition coefficient (Wildman–Crippen LogP) is -0.784. The third-order valence-electron chi connectivity index (χ3n) is 1.10. The van der Waals surface area contributed by atoms with Crippen molar-refractivity contribution in [3.8, 4) is 0 Å². The van der Waals surface area contributed by atoms with E-state index < -0.39 is 0 Å². The number of rotatable bonds is 2. The third kappa shape index (κ3) is 2.44. The minimum atomic E-state index is 0.339. The molecule has 0 aliphatic rings. The van der Waals surface area contributed by atoms with Gasteiger partial charge >= 0.3 is 0 Å². The Hall–Kier alpha value is -1.21. The Morgan fingerprint density at radius 3 is 3.00 bits per heavy atom. The van der Waals surface area contributed by atoms with E-state index >= 15 is 0 Å². The van der Waals surface area contributed by atoms with Crippen LogP contribution in [-0.4, -0.2) is 15.3 Å². The van der Waals surface area contributed by atoms with Gasteiger partial charge in [-0.25, -0.2) is 5.84 Å². The number of aryl methyl sites for hydroxylation is 1. The minimum Gasteiger partial charge on any atom is -0.353 e. The molecule has 0 aliphatic carbocycles. The number of aromatic nitrogens is 2. The Morgan fingerprint density at radius 2 is 2.50 bits per heavy atom. The lowest BCUT2D eigenvalue weighted by molar-refractivity contribution is 0.371. The molecule has 0 atom stereocenters. The van der Waals surface area contributed by atoms with E-state index in [1.54, 1.807) is 6.92 Å². The summed E-state index contributed by atoms with van der Waals surface area (Å²) in [6.07, 6.45) is 0. The molecule has 1 aromatic rings. The summed E-state index contributed by atoms with van der Waals surface area (Å²) in [5, 5.41) is 6.70. The van der Waals surface area contributed by atoms with Gasteiger partial charge in [0.05, 0.1) is 6.54 Å². The molecule has 0 saturated carbocycles. The zero-order valence-electron chi connectivity index (χ0n) is 6.50. The second-order valence-corrected chi connectivity index (χ2v) is 2.47. The van der Waals surface area contributed by atoms with Gasteiger partial charge in [0, 0.05) is 0 Å². The van der Waals surface area contributed by atoms with Crippen LogP contribution >= 0.6 is 12.2 Å². The number of hydrogen-bond acceptors (Lipinski definition) is 5. The molecule has 0 bridgehead atoms. The first-order valence-corrected chi connectivity index (χ1v) is 3.67. The van der Waals surface area contributed by atoms with Crippen molar-refractivity contribution in [2.75, 3.05) is 0 Å². The first kappa shape index (κ1) is 8.88. The van der Waals surface area contributed by atoms with Crippen LogP contribution in [-0.2, 0) is 6.54 Å². The molecule has 0 radical (unpaired) electrons. The fourth-order valence-electron chi connectivity index (χ4n) is 0.619. The molecular weight excluding hydrogens is 178 g/mol. The summed E-state index contributed by atoms with van der Waals surface area (Å²) in [5.74, 6) is 6.09. The monoisotopic (exact) mass is 187 g/mol. The van der Waals surface area contributed by atoms with E-state index in [4.69, 9.17) is 22.6 Å². The van der Waals surface area contributed by atoms with Gasteiger partial charge in [-0.2, -0.15) is 4.98 Å². The first-order valence-electron chi connectivity index (χ1n) is 3.26. The molecular formula is C5H9N5OS. The summed E-state index contributed by atoms with van der Waals surface area (Å²) in [7, 11) is 0. The lowest BCUT2D eigenvalue weighted by Crippen LogP contribution is -2.39. The molecule has 12 heavy (non-hydrogen) atoms. The highest BCUT2D eigenvalue weighted by Crippen LogP contribution is 1.93. The van der Waals surface area contributed by atoms with Crippen molar-refractivity contribution in [3.63, 3.8) is 0 Å². The van der Waals surface area contributed by atoms with Crippen LogP contribution in [0.25, 0.3) is 0 Å². The number of nitrogens with zero attached hydrogens (tertiary/aromatic N) is 2. The van der Waals surface area contributed by atoms with E-state index in [1.807, 2.05) is 0 Å². The van der Waals surface area contributed by atoms with Crippen LogP contribution in [0.4, 0.5) is 0 Å². The van der Waals surface area contributed by atoms with Gasteiger partial charge in [0.15, 0.2) is 10.9 Å². The van der Waals surface area contributed by atoms with Crippen molar-refractivity contribution in [2.24, 2.45) is 5.84 Å². The van der Waals surface area contributed by atoms with E-state index in [2.05, 4.69) is 20.9 Å². The standard InChI is InChI=1S/C5H9N5OS/c1-3-8-4(11-10-3)2-7-5(12)9-6/h2,6H2,1H3,(H2,7,9,12). The van der Waals surface area contributed by atoms with Gasteiger partial charge in [0.1, 0.15) is 0 Å². The SMILES string of the molecule is Cc1noc(CNC(=S)NN)n1. The number of nitrogens with one attached hydrogen (secondary N) is 2. The Kier molecular flexibility index (Phi) is 2.94. The number of hydrazine groups is 1. The Labute approximate surface area is 74.5 Å². The smallest absolute Gasteiger partial charge is 0.246 e. The van der Waals surface area contributed by atoms with Crippen LogP contribution in [0.5, 0.6) is 0 Å². The van der Waals surface area contributed by atoms with Gasteiger partial charge in [0.2, 0.25) is 5.89 Å². The Bertz CT molecular complexity index is 273. The summed E-state index contributed by atoms with van der Waals surface area (Å²) < 4.78 is 4.81. The molecule has 4 N–H and O–H groups in total. The van der Waals surface area contributed by atoms with E-state index in [1.165, 1.54) is 0 Å². The van der Waals surface area contributed by atoms with Crippen LogP contribution in [0.3, 0.4) is 0 Å². The van der Waals surface area contributed by atoms with Crippen molar-refractivity contribution in [1.82, 2.24) is 20.9 Å². The van der Waals surface area contributed by atoms with Crippen LogP contribution < -0.4 is 16.6 Å². The van der Waals surface area contributed by atoms with Gasteiger partial charge in [-0.15, -0.1) is 0 Å². The predicted molar refractivity (Wildman–Crippen MR) is 45.8 cm³/mol. The van der Waals surface area contributed by atoms with E-state index in [-0.39, 0.29) is 0 Å². The zero-order valence-corrected chi connectivity index (χ0v) is 7.31. The quantitative estimate of drug-likeness (QED) is 0.318. The molecule has 0 unspecified atom stereocenters. The van der Waals surface area contributed by atoms with Gasteiger partial charge in [0.25, 0.3) is 0 Å². The summed E-state index contributed by atoms with van der Waals surface area (Å²) in [6.45, 7) is 2.12. The number of thiocarbonyl (C=S) groups is 1. The van der Waals surface area contributed by atoms with Gasteiger partial charge < -0.3 is 15.3 Å². The maximum absolute atomic E-state index is 5.02. The van der Waals surface area contributed by atoms with Crippen LogP contribution in [0.15, 0.2) is 4.52 Å². The topological polar surface area (TPSA) is 89.0 Å². The Morgan fingerprint density at radius 1 is 1.75 bits per heavy atom. The second kappa shape index (κ2) is 3.98. The second-order valence-electron chi connectivity index (χ2n) is 2.06. The van der Waals surface area contributed by atoms with Crippen molar-refractivity contribution < 1.29 is 4.52 Å². The molecule has 7 heteroatoms. The van der Waals surface area contributed by atoms with E-state index in [9.17, 15) is 0 Å². The molecule has 1 rings (SSSR count). The third-order valence-corrected chi connectivity index (χ3v) is 1.36. The van der Waals surface area contributed by atoms with Crippen molar-refractivity contribution in [2.45, 2.75) is 13.5 Å². The summed E-state index contributed by atoms with van der Waals surface area (Å²) >= 11 is 4.72. The summed E-state index contributed by atoms with van der Waals surface area (Å²) in [4.78, 5) is 3.95. The van der Waals surface area contributed by atoms with E-state index in [0.29, 0.717) is 23.4 Å². The molecule has 0 amide bonds. The van der Waals surface area contributed by atoms with Crippen LogP contribution in [0, 0.1) is 6.92 Å². The lowest BCUT2D eigenvalue weighted by Gasteiger charge is -2.01. The minimum absolute atomic E-state index is 0.339.